The number of rotatable bonds is 2. The van der Waals surface area contributed by atoms with Crippen molar-refractivity contribution in [1.82, 2.24) is 0 Å². The number of hydrogen-bond donors (Lipinski definition) is 2. The Labute approximate surface area is 137 Å². The zero-order valence-electron chi connectivity index (χ0n) is 13.2. The lowest BCUT2D eigenvalue weighted by molar-refractivity contribution is 0.0685. The zero-order valence-corrected chi connectivity index (χ0v) is 13.2. The third-order valence-corrected chi connectivity index (χ3v) is 3.78. The minimum absolute atomic E-state index is 0.0214. The fourth-order valence-corrected chi connectivity index (χ4v) is 2.64. The van der Waals surface area contributed by atoms with Crippen LogP contribution in [0, 0.1) is 13.8 Å². The lowest BCUT2D eigenvalue weighted by Gasteiger charge is -2.15. The number of aromatic carboxylic acids is 1. The number of fused-ring (bicyclic) bond motifs is 2. The fraction of sp³-hybridized carbons (Fsp3) is 0.176. The maximum absolute atomic E-state index is 12.5. The molecule has 0 saturated carbocycles. The Morgan fingerprint density at radius 3 is 2.46 bits per heavy atom. The van der Waals surface area contributed by atoms with Gasteiger partial charge in [-0.25, -0.2) is 9.59 Å². The van der Waals surface area contributed by atoms with Crippen molar-refractivity contribution >= 4 is 11.9 Å². The van der Waals surface area contributed by atoms with Crippen LogP contribution in [-0.4, -0.2) is 29.3 Å². The molecule has 0 amide bonds. The van der Waals surface area contributed by atoms with Crippen LogP contribution in [0.15, 0.2) is 18.2 Å². The topological polar surface area (TPSA) is 102 Å². The molecule has 0 bridgehead atoms. The molecule has 2 N–H and O–H groups in total. The van der Waals surface area contributed by atoms with Crippen molar-refractivity contribution in [3.05, 3.63) is 40.5 Å². The van der Waals surface area contributed by atoms with Gasteiger partial charge in [0.15, 0.2) is 11.5 Å². The predicted octanol–water partition coefficient (Wildman–Crippen LogP) is 3.04. The van der Waals surface area contributed by atoms with E-state index in [1.807, 2.05) is 0 Å². The number of aryl methyl sites for hydroxylation is 1. The number of aromatic hydroxyl groups is 1. The Bertz CT molecular complexity index is 883. The molecule has 0 fully saturated rings. The molecule has 0 aromatic heterocycles. The van der Waals surface area contributed by atoms with Crippen LogP contribution in [0.25, 0.3) is 0 Å². The molecule has 2 aromatic rings. The van der Waals surface area contributed by atoms with Crippen molar-refractivity contribution in [2.45, 2.75) is 13.8 Å². The third kappa shape index (κ3) is 2.30. The van der Waals surface area contributed by atoms with E-state index in [-0.39, 0.29) is 39.9 Å². The zero-order chi connectivity index (χ0) is 17.6. The molecule has 0 aliphatic carbocycles. The molecule has 1 aliphatic rings. The molecule has 0 unspecified atom stereocenters. The molecule has 124 valence electrons. The van der Waals surface area contributed by atoms with Crippen LogP contribution in [0.2, 0.25) is 0 Å². The van der Waals surface area contributed by atoms with Crippen molar-refractivity contribution < 1.29 is 34.0 Å². The molecule has 1 aliphatic heterocycles. The van der Waals surface area contributed by atoms with Gasteiger partial charge in [-0.3, -0.25) is 0 Å². The summed E-state index contributed by atoms with van der Waals surface area (Å²) in [5.74, 6) is -1.92. The number of methoxy groups -OCH3 is 1. The van der Waals surface area contributed by atoms with E-state index in [2.05, 4.69) is 0 Å². The average molecular weight is 330 g/mol. The van der Waals surface area contributed by atoms with Gasteiger partial charge in [-0.2, -0.15) is 0 Å². The van der Waals surface area contributed by atoms with E-state index in [0.717, 1.165) is 0 Å². The van der Waals surface area contributed by atoms with Crippen molar-refractivity contribution in [2.75, 3.05) is 7.11 Å². The van der Waals surface area contributed by atoms with E-state index in [0.29, 0.717) is 11.1 Å². The average Bonchev–Trinajstić information content (AvgIpc) is 2.64. The van der Waals surface area contributed by atoms with Gasteiger partial charge in [0.25, 0.3) is 0 Å². The van der Waals surface area contributed by atoms with E-state index in [1.54, 1.807) is 13.8 Å². The van der Waals surface area contributed by atoms with Gasteiger partial charge in [-0.1, -0.05) is 0 Å². The minimum atomic E-state index is -1.26. The van der Waals surface area contributed by atoms with Gasteiger partial charge in [0.1, 0.15) is 28.4 Å². The summed E-state index contributed by atoms with van der Waals surface area (Å²) < 4.78 is 16.2. The first-order chi connectivity index (χ1) is 11.3. The second-order valence-electron chi connectivity index (χ2n) is 5.34. The maximum atomic E-state index is 12.5. The number of carbonyl (C=O) groups is 2. The molecule has 7 heteroatoms. The number of carboxylic acids is 1. The smallest absolute Gasteiger partial charge is 0.347 e. The van der Waals surface area contributed by atoms with E-state index >= 15 is 0 Å². The van der Waals surface area contributed by atoms with Crippen LogP contribution in [0.3, 0.4) is 0 Å². The number of carboxylic acid groups (broad SMARTS) is 1. The summed E-state index contributed by atoms with van der Waals surface area (Å²) in [6.45, 7) is 3.24. The van der Waals surface area contributed by atoms with Gasteiger partial charge >= 0.3 is 11.9 Å². The highest BCUT2D eigenvalue weighted by Crippen LogP contribution is 2.46. The monoisotopic (exact) mass is 330 g/mol. The molecule has 0 atom stereocenters. The van der Waals surface area contributed by atoms with Gasteiger partial charge < -0.3 is 24.4 Å². The standard InChI is InChI=1S/C17H14O7/c1-7-4-9(18)5-12-13(7)17(21)24-14-8(2)11(22-3)6-10(16(19)20)15(14)23-12/h4-6,18H,1-3H3,(H,19,20). The van der Waals surface area contributed by atoms with Crippen LogP contribution < -0.4 is 14.2 Å². The minimum Gasteiger partial charge on any atom is -0.508 e. The second-order valence-corrected chi connectivity index (χ2v) is 5.34. The van der Waals surface area contributed by atoms with Crippen LogP contribution in [0.1, 0.15) is 31.8 Å². The van der Waals surface area contributed by atoms with Crippen LogP contribution >= 0.6 is 0 Å². The van der Waals surface area contributed by atoms with Crippen molar-refractivity contribution in [3.63, 3.8) is 0 Å². The highest BCUT2D eigenvalue weighted by molar-refractivity contribution is 6.00. The highest BCUT2D eigenvalue weighted by atomic mass is 16.6. The number of carbonyl (C=O) groups excluding carboxylic acids is 1. The van der Waals surface area contributed by atoms with Crippen LogP contribution in [0.4, 0.5) is 0 Å². The van der Waals surface area contributed by atoms with Gasteiger partial charge in [0.2, 0.25) is 0 Å². The SMILES string of the molecule is COc1cc(C(=O)O)c2c(c1C)OC(=O)c1c(C)cc(O)cc1O2. The van der Waals surface area contributed by atoms with Gasteiger partial charge in [0.05, 0.1) is 7.11 Å². The van der Waals surface area contributed by atoms with E-state index in [4.69, 9.17) is 14.2 Å². The normalized spacial score (nSPS) is 12.4. The molecule has 1 heterocycles. The number of esters is 1. The van der Waals surface area contributed by atoms with Crippen molar-refractivity contribution in [2.24, 2.45) is 0 Å². The second kappa shape index (κ2) is 5.45. The number of hydrogen-bond acceptors (Lipinski definition) is 6. The lowest BCUT2D eigenvalue weighted by Crippen LogP contribution is -2.10. The molecule has 7 nitrogen and oxygen atoms in total. The maximum Gasteiger partial charge on any atom is 0.347 e. The summed E-state index contributed by atoms with van der Waals surface area (Å²) in [6, 6.07) is 3.93. The van der Waals surface area contributed by atoms with Crippen molar-refractivity contribution in [1.29, 1.82) is 0 Å². The largest absolute Gasteiger partial charge is 0.508 e. The molecule has 3 rings (SSSR count). The molecular formula is C17H14O7. The summed E-state index contributed by atoms with van der Waals surface area (Å²) in [7, 11) is 1.39. The summed E-state index contributed by atoms with van der Waals surface area (Å²) >= 11 is 0. The number of ether oxygens (including phenoxy) is 3. The Hall–Kier alpha value is -3.22. The molecular weight excluding hydrogens is 316 g/mol. The first-order valence-electron chi connectivity index (χ1n) is 7.02. The van der Waals surface area contributed by atoms with Gasteiger partial charge in [0, 0.05) is 11.6 Å². The molecule has 0 spiro atoms. The predicted molar refractivity (Wildman–Crippen MR) is 82.6 cm³/mol. The van der Waals surface area contributed by atoms with E-state index in [9.17, 15) is 19.8 Å². The lowest BCUT2D eigenvalue weighted by atomic mass is 10.1. The Morgan fingerprint density at radius 1 is 1.12 bits per heavy atom. The fourth-order valence-electron chi connectivity index (χ4n) is 2.64. The Balaban J connectivity index is 2.33. The highest BCUT2D eigenvalue weighted by Gasteiger charge is 2.31. The Morgan fingerprint density at radius 2 is 1.83 bits per heavy atom. The molecule has 24 heavy (non-hydrogen) atoms. The third-order valence-electron chi connectivity index (χ3n) is 3.78. The van der Waals surface area contributed by atoms with Crippen LogP contribution in [0.5, 0.6) is 28.7 Å². The van der Waals surface area contributed by atoms with Gasteiger partial charge in [-0.05, 0) is 31.5 Å². The van der Waals surface area contributed by atoms with E-state index < -0.39 is 11.9 Å². The van der Waals surface area contributed by atoms with E-state index in [1.165, 1.54) is 25.3 Å². The summed E-state index contributed by atoms with van der Waals surface area (Å²) in [6.07, 6.45) is 0. The number of phenols is 1. The molecule has 0 radical (unpaired) electrons. The number of phenolic OH excluding ortho intramolecular Hbond substituents is 1. The quantitative estimate of drug-likeness (QED) is 0.644. The van der Waals surface area contributed by atoms with Crippen molar-refractivity contribution in [3.8, 4) is 28.7 Å². The summed E-state index contributed by atoms with van der Waals surface area (Å²) in [5, 5.41) is 19.2. The molecule has 0 saturated heterocycles. The Kier molecular flexibility index (Phi) is 3.56. The van der Waals surface area contributed by atoms with Crippen LogP contribution in [-0.2, 0) is 0 Å². The number of benzene rings is 2. The first-order valence-corrected chi connectivity index (χ1v) is 7.02. The molecule has 2 aromatic carbocycles. The first kappa shape index (κ1) is 15.7. The summed E-state index contributed by atoms with van der Waals surface area (Å²) in [4.78, 5) is 24.0. The van der Waals surface area contributed by atoms with Gasteiger partial charge in [-0.15, -0.1) is 0 Å². The summed E-state index contributed by atoms with van der Waals surface area (Å²) in [5.41, 5.74) is 0.789.